The van der Waals surface area contributed by atoms with Gasteiger partial charge in [0.1, 0.15) is 5.52 Å². The minimum Gasteiger partial charge on any atom is -0.270 e. The first kappa shape index (κ1) is 12.7. The van der Waals surface area contributed by atoms with Crippen molar-refractivity contribution in [3.63, 3.8) is 0 Å². The number of benzene rings is 2. The van der Waals surface area contributed by atoms with Gasteiger partial charge in [0.05, 0.1) is 16.9 Å². The Labute approximate surface area is 126 Å². The van der Waals surface area contributed by atoms with Crippen LogP contribution in [0.5, 0.6) is 0 Å². The van der Waals surface area contributed by atoms with Crippen molar-refractivity contribution in [1.29, 1.82) is 0 Å². The zero-order valence-electron chi connectivity index (χ0n) is 11.9. The zero-order valence-corrected chi connectivity index (χ0v) is 11.9. The fraction of sp³-hybridized carbons (Fsp3) is 0.125. The summed E-state index contributed by atoms with van der Waals surface area (Å²) in [6.07, 6.45) is 0. The van der Waals surface area contributed by atoms with E-state index in [0.717, 1.165) is 16.7 Å². The van der Waals surface area contributed by atoms with E-state index in [1.165, 1.54) is 5.01 Å². The molecule has 1 aliphatic heterocycles. The van der Waals surface area contributed by atoms with Gasteiger partial charge >= 0.3 is 0 Å². The number of hydrazone groups is 1. The Kier molecular flexibility index (Phi) is 2.75. The smallest absolute Gasteiger partial charge is 0.270 e. The summed E-state index contributed by atoms with van der Waals surface area (Å²) < 4.78 is 1.64. The van der Waals surface area contributed by atoms with E-state index in [9.17, 15) is 4.79 Å². The molecule has 108 valence electrons. The van der Waals surface area contributed by atoms with Crippen molar-refractivity contribution in [2.75, 3.05) is 5.01 Å². The molecule has 1 aromatic heterocycles. The lowest BCUT2D eigenvalue weighted by atomic mass is 10.2. The summed E-state index contributed by atoms with van der Waals surface area (Å²) in [5.41, 5.74) is 3.04. The molecule has 0 N–H and O–H groups in total. The van der Waals surface area contributed by atoms with E-state index < -0.39 is 6.04 Å². The van der Waals surface area contributed by atoms with Gasteiger partial charge in [-0.05, 0) is 31.2 Å². The second kappa shape index (κ2) is 4.77. The van der Waals surface area contributed by atoms with E-state index in [1.54, 1.807) is 4.68 Å². The minimum absolute atomic E-state index is 0.126. The van der Waals surface area contributed by atoms with Gasteiger partial charge in [0.15, 0.2) is 6.04 Å². The molecular weight excluding hydrogens is 278 g/mol. The Morgan fingerprint density at radius 3 is 2.55 bits per heavy atom. The maximum absolute atomic E-state index is 12.8. The van der Waals surface area contributed by atoms with Gasteiger partial charge < -0.3 is 0 Å². The van der Waals surface area contributed by atoms with Crippen LogP contribution in [0.15, 0.2) is 59.7 Å². The van der Waals surface area contributed by atoms with Gasteiger partial charge in [-0.1, -0.05) is 35.5 Å². The first-order chi connectivity index (χ1) is 10.8. The molecular formula is C16H13N5O. The van der Waals surface area contributed by atoms with Gasteiger partial charge in [-0.15, -0.1) is 5.10 Å². The Morgan fingerprint density at radius 2 is 1.73 bits per heavy atom. The van der Waals surface area contributed by atoms with Crippen LogP contribution in [0.25, 0.3) is 11.0 Å². The zero-order chi connectivity index (χ0) is 15.1. The van der Waals surface area contributed by atoms with Crippen LogP contribution in [-0.4, -0.2) is 26.6 Å². The SMILES string of the molecule is CC1=NN(c2ccccc2)C(=O)C1n1nnc2ccccc21. The first-order valence-corrected chi connectivity index (χ1v) is 7.00. The van der Waals surface area contributed by atoms with Gasteiger partial charge in [0.25, 0.3) is 5.91 Å². The van der Waals surface area contributed by atoms with Crippen molar-refractivity contribution in [2.45, 2.75) is 13.0 Å². The van der Waals surface area contributed by atoms with Crippen molar-refractivity contribution >= 4 is 28.3 Å². The topological polar surface area (TPSA) is 63.4 Å². The molecule has 0 saturated carbocycles. The fourth-order valence-corrected chi connectivity index (χ4v) is 2.67. The summed E-state index contributed by atoms with van der Waals surface area (Å²) in [6.45, 7) is 1.84. The molecule has 0 aliphatic carbocycles. The van der Waals surface area contributed by atoms with E-state index in [2.05, 4.69) is 15.4 Å². The number of carbonyl (C=O) groups is 1. The van der Waals surface area contributed by atoms with E-state index >= 15 is 0 Å². The summed E-state index contributed by atoms with van der Waals surface area (Å²) in [6, 6.07) is 16.4. The highest BCUT2D eigenvalue weighted by atomic mass is 16.2. The lowest BCUT2D eigenvalue weighted by Gasteiger charge is -2.14. The van der Waals surface area contributed by atoms with E-state index in [1.807, 2.05) is 61.5 Å². The second-order valence-electron chi connectivity index (χ2n) is 5.15. The van der Waals surface area contributed by atoms with E-state index in [0.29, 0.717) is 5.71 Å². The van der Waals surface area contributed by atoms with Crippen molar-refractivity contribution in [3.05, 3.63) is 54.6 Å². The molecule has 3 aromatic rings. The molecule has 1 atom stereocenters. The molecule has 1 aliphatic rings. The maximum Gasteiger partial charge on any atom is 0.278 e. The maximum atomic E-state index is 12.8. The highest BCUT2D eigenvalue weighted by Crippen LogP contribution is 2.28. The molecule has 0 fully saturated rings. The van der Waals surface area contributed by atoms with Crippen LogP contribution < -0.4 is 5.01 Å². The molecule has 6 nitrogen and oxygen atoms in total. The quantitative estimate of drug-likeness (QED) is 0.728. The number of fused-ring (bicyclic) bond motifs is 1. The largest absolute Gasteiger partial charge is 0.278 e. The highest BCUT2D eigenvalue weighted by Gasteiger charge is 2.37. The Hall–Kier alpha value is -3.02. The van der Waals surface area contributed by atoms with Gasteiger partial charge in [0.2, 0.25) is 0 Å². The molecule has 22 heavy (non-hydrogen) atoms. The number of anilines is 1. The van der Waals surface area contributed by atoms with Gasteiger partial charge in [0, 0.05) is 0 Å². The normalized spacial score (nSPS) is 18.0. The molecule has 0 spiro atoms. The predicted molar refractivity (Wildman–Crippen MR) is 83.6 cm³/mol. The number of rotatable bonds is 2. The number of carbonyl (C=O) groups excluding carboxylic acids is 1. The van der Waals surface area contributed by atoms with E-state index in [4.69, 9.17) is 0 Å². The Bertz CT molecular complexity index is 884. The van der Waals surface area contributed by atoms with Crippen molar-refractivity contribution in [3.8, 4) is 0 Å². The van der Waals surface area contributed by atoms with Crippen LogP contribution >= 0.6 is 0 Å². The lowest BCUT2D eigenvalue weighted by molar-refractivity contribution is -0.119. The molecule has 6 heteroatoms. The third-order valence-electron chi connectivity index (χ3n) is 3.72. The van der Waals surface area contributed by atoms with Gasteiger partial charge in [-0.3, -0.25) is 4.79 Å². The Morgan fingerprint density at radius 1 is 1.00 bits per heavy atom. The number of para-hydroxylation sites is 2. The van der Waals surface area contributed by atoms with Gasteiger partial charge in [-0.2, -0.15) is 10.1 Å². The van der Waals surface area contributed by atoms with Crippen molar-refractivity contribution in [2.24, 2.45) is 5.10 Å². The molecule has 2 aromatic carbocycles. The number of amides is 1. The molecule has 0 bridgehead atoms. The third-order valence-corrected chi connectivity index (χ3v) is 3.72. The van der Waals surface area contributed by atoms with Crippen molar-refractivity contribution in [1.82, 2.24) is 15.0 Å². The van der Waals surface area contributed by atoms with Crippen LogP contribution in [-0.2, 0) is 4.79 Å². The number of aromatic nitrogens is 3. The number of nitrogens with zero attached hydrogens (tertiary/aromatic N) is 5. The molecule has 0 saturated heterocycles. The predicted octanol–water partition coefficient (Wildman–Crippen LogP) is 2.40. The van der Waals surface area contributed by atoms with Crippen LogP contribution in [0.4, 0.5) is 5.69 Å². The molecule has 4 rings (SSSR count). The summed E-state index contributed by atoms with van der Waals surface area (Å²) in [5.74, 6) is -0.126. The van der Waals surface area contributed by atoms with Gasteiger partial charge in [-0.25, -0.2) is 4.68 Å². The summed E-state index contributed by atoms with van der Waals surface area (Å²) >= 11 is 0. The fourth-order valence-electron chi connectivity index (χ4n) is 2.67. The average Bonchev–Trinajstić information content (AvgIpc) is 3.09. The minimum atomic E-state index is -0.549. The molecule has 2 heterocycles. The highest BCUT2D eigenvalue weighted by molar-refractivity contribution is 6.16. The van der Waals surface area contributed by atoms with Crippen LogP contribution in [0.3, 0.4) is 0 Å². The monoisotopic (exact) mass is 291 g/mol. The summed E-state index contributed by atoms with van der Waals surface area (Å²) in [7, 11) is 0. The average molecular weight is 291 g/mol. The molecule has 0 radical (unpaired) electrons. The second-order valence-corrected chi connectivity index (χ2v) is 5.15. The van der Waals surface area contributed by atoms with E-state index in [-0.39, 0.29) is 5.91 Å². The van der Waals surface area contributed by atoms with Crippen LogP contribution in [0.2, 0.25) is 0 Å². The summed E-state index contributed by atoms with van der Waals surface area (Å²) in [5, 5.41) is 14.1. The summed E-state index contributed by atoms with van der Waals surface area (Å²) in [4.78, 5) is 12.8. The third kappa shape index (κ3) is 1.81. The lowest BCUT2D eigenvalue weighted by Crippen LogP contribution is -2.30. The molecule has 1 amide bonds. The van der Waals surface area contributed by atoms with Crippen LogP contribution in [0, 0.1) is 0 Å². The Balaban J connectivity index is 1.78. The standard InChI is InChI=1S/C16H13N5O/c1-11-15(21-14-10-6-5-9-13(14)17-19-21)16(22)20(18-11)12-7-3-2-4-8-12/h2-10,15H,1H3. The van der Waals surface area contributed by atoms with Crippen molar-refractivity contribution < 1.29 is 4.79 Å². The number of hydrogen-bond donors (Lipinski definition) is 0. The molecule has 1 unspecified atom stereocenters. The number of hydrogen-bond acceptors (Lipinski definition) is 4. The van der Waals surface area contributed by atoms with Crippen LogP contribution in [0.1, 0.15) is 13.0 Å². The first-order valence-electron chi connectivity index (χ1n) is 7.00.